The van der Waals surface area contributed by atoms with Crippen molar-refractivity contribution >= 4 is 5.69 Å². The van der Waals surface area contributed by atoms with Crippen LogP contribution in [0.4, 0.5) is 10.1 Å². The zero-order chi connectivity index (χ0) is 9.84. The molecular formula is C11H14FN. The van der Waals surface area contributed by atoms with Gasteiger partial charge in [0.2, 0.25) is 0 Å². The van der Waals surface area contributed by atoms with Gasteiger partial charge in [0, 0.05) is 11.7 Å². The molecule has 0 spiro atoms. The Kier molecular flexibility index (Phi) is 3.07. The molecule has 1 N–H and O–H groups in total. The maximum atomic E-state index is 12.9. The van der Waals surface area contributed by atoms with Gasteiger partial charge in [-0.2, -0.15) is 0 Å². The van der Waals surface area contributed by atoms with Crippen molar-refractivity contribution in [3.63, 3.8) is 0 Å². The van der Waals surface area contributed by atoms with Crippen LogP contribution in [-0.2, 0) is 0 Å². The van der Waals surface area contributed by atoms with Crippen LogP contribution in [0.25, 0.3) is 0 Å². The predicted octanol–water partition coefficient (Wildman–Crippen LogP) is 3.12. The highest BCUT2D eigenvalue weighted by atomic mass is 19.1. The summed E-state index contributed by atoms with van der Waals surface area (Å²) >= 11 is 0. The first kappa shape index (κ1) is 9.78. The molecule has 70 valence electrons. The van der Waals surface area contributed by atoms with Crippen molar-refractivity contribution in [2.75, 3.05) is 5.32 Å². The summed E-state index contributed by atoms with van der Waals surface area (Å²) in [6, 6.07) is 5.18. The van der Waals surface area contributed by atoms with Crippen molar-refractivity contribution in [3.05, 3.63) is 42.2 Å². The molecule has 2 heteroatoms. The van der Waals surface area contributed by atoms with E-state index >= 15 is 0 Å². The zero-order valence-corrected chi connectivity index (χ0v) is 7.97. The summed E-state index contributed by atoms with van der Waals surface area (Å²) in [4.78, 5) is 0. The Labute approximate surface area is 78.3 Å². The molecule has 1 aromatic carbocycles. The molecule has 1 unspecified atom stereocenters. The Bertz CT molecular complexity index is 307. The molecule has 0 bridgehead atoms. The minimum Gasteiger partial charge on any atom is -0.379 e. The molecule has 1 aromatic rings. The fourth-order valence-corrected chi connectivity index (χ4v) is 1.06. The second kappa shape index (κ2) is 4.08. The maximum absolute atomic E-state index is 12.9. The fraction of sp³-hybridized carbons (Fsp3) is 0.273. The number of halogens is 1. The summed E-state index contributed by atoms with van der Waals surface area (Å²) in [5, 5.41) is 3.17. The van der Waals surface area contributed by atoms with E-state index in [1.54, 1.807) is 25.1 Å². The third kappa shape index (κ3) is 2.58. The monoisotopic (exact) mass is 179 g/mol. The van der Waals surface area contributed by atoms with Crippen LogP contribution in [0.5, 0.6) is 0 Å². The second-order valence-electron chi connectivity index (χ2n) is 3.13. The highest BCUT2D eigenvalue weighted by Crippen LogP contribution is 2.14. The normalized spacial score (nSPS) is 12.2. The average Bonchev–Trinajstić information content (AvgIpc) is 2.11. The number of anilines is 1. The van der Waals surface area contributed by atoms with Crippen LogP contribution in [0.2, 0.25) is 0 Å². The van der Waals surface area contributed by atoms with E-state index in [9.17, 15) is 4.39 Å². The first-order chi connectivity index (χ1) is 6.13. The minimum absolute atomic E-state index is 0.170. The van der Waals surface area contributed by atoms with Crippen LogP contribution in [0.15, 0.2) is 30.9 Å². The van der Waals surface area contributed by atoms with Gasteiger partial charge in [-0.05, 0) is 37.6 Å². The van der Waals surface area contributed by atoms with Gasteiger partial charge in [-0.3, -0.25) is 0 Å². The van der Waals surface area contributed by atoms with E-state index < -0.39 is 0 Å². The molecule has 0 saturated heterocycles. The molecule has 1 nitrogen and oxygen atoms in total. The van der Waals surface area contributed by atoms with Crippen LogP contribution in [0.3, 0.4) is 0 Å². The molecule has 0 fully saturated rings. The molecule has 0 aliphatic carbocycles. The molecule has 1 atom stereocenters. The number of aryl methyl sites for hydroxylation is 1. The standard InChI is InChI=1S/C11H14FN/c1-4-9(3)13-10-5-6-11(12)8(2)7-10/h4-7,9,13H,1H2,2-3H3. The molecule has 13 heavy (non-hydrogen) atoms. The van der Waals surface area contributed by atoms with Crippen molar-refractivity contribution in [1.29, 1.82) is 0 Å². The number of benzene rings is 1. The summed E-state index contributed by atoms with van der Waals surface area (Å²) in [5.74, 6) is -0.170. The van der Waals surface area contributed by atoms with Gasteiger partial charge in [-0.1, -0.05) is 6.08 Å². The quantitative estimate of drug-likeness (QED) is 0.703. The lowest BCUT2D eigenvalue weighted by atomic mass is 10.2. The van der Waals surface area contributed by atoms with E-state index in [2.05, 4.69) is 11.9 Å². The number of hydrogen-bond acceptors (Lipinski definition) is 1. The number of nitrogens with one attached hydrogen (secondary N) is 1. The molecule has 0 aliphatic rings. The van der Waals surface area contributed by atoms with E-state index in [1.165, 1.54) is 6.07 Å². The third-order valence-electron chi connectivity index (χ3n) is 1.91. The lowest BCUT2D eigenvalue weighted by molar-refractivity contribution is 0.618. The largest absolute Gasteiger partial charge is 0.379 e. The van der Waals surface area contributed by atoms with E-state index in [4.69, 9.17) is 0 Å². The maximum Gasteiger partial charge on any atom is 0.126 e. The summed E-state index contributed by atoms with van der Waals surface area (Å²) in [6.45, 7) is 7.40. The minimum atomic E-state index is -0.170. The second-order valence-corrected chi connectivity index (χ2v) is 3.13. The lowest BCUT2D eigenvalue weighted by Gasteiger charge is -2.11. The molecule has 0 saturated carbocycles. The molecule has 0 amide bonds. The Balaban J connectivity index is 2.79. The molecule has 0 aromatic heterocycles. The Morgan fingerprint density at radius 3 is 2.77 bits per heavy atom. The average molecular weight is 179 g/mol. The van der Waals surface area contributed by atoms with Gasteiger partial charge in [0.1, 0.15) is 5.82 Å². The zero-order valence-electron chi connectivity index (χ0n) is 7.97. The number of hydrogen-bond donors (Lipinski definition) is 1. The molecule has 0 heterocycles. The van der Waals surface area contributed by atoms with Crippen LogP contribution in [0, 0.1) is 12.7 Å². The van der Waals surface area contributed by atoms with Crippen LogP contribution in [0.1, 0.15) is 12.5 Å². The highest BCUT2D eigenvalue weighted by Gasteiger charge is 2.00. The van der Waals surface area contributed by atoms with Crippen molar-refractivity contribution < 1.29 is 4.39 Å². The molecule has 0 radical (unpaired) electrons. The van der Waals surface area contributed by atoms with Crippen LogP contribution >= 0.6 is 0 Å². The Morgan fingerprint density at radius 2 is 2.23 bits per heavy atom. The number of rotatable bonds is 3. The predicted molar refractivity (Wildman–Crippen MR) is 54.4 cm³/mol. The van der Waals surface area contributed by atoms with E-state index in [0.29, 0.717) is 5.56 Å². The van der Waals surface area contributed by atoms with Gasteiger partial charge in [-0.25, -0.2) is 4.39 Å². The van der Waals surface area contributed by atoms with Crippen molar-refractivity contribution in [2.24, 2.45) is 0 Å². The summed E-state index contributed by atoms with van der Waals surface area (Å²) in [7, 11) is 0. The molecule has 0 aliphatic heterocycles. The van der Waals surface area contributed by atoms with E-state index in [-0.39, 0.29) is 11.9 Å². The SMILES string of the molecule is C=CC(C)Nc1ccc(F)c(C)c1. The Morgan fingerprint density at radius 1 is 1.54 bits per heavy atom. The summed E-state index contributed by atoms with van der Waals surface area (Å²) in [6.07, 6.45) is 1.80. The lowest BCUT2D eigenvalue weighted by Crippen LogP contribution is -2.11. The van der Waals surface area contributed by atoms with Crippen molar-refractivity contribution in [2.45, 2.75) is 19.9 Å². The van der Waals surface area contributed by atoms with Crippen molar-refractivity contribution in [1.82, 2.24) is 0 Å². The summed E-state index contributed by atoms with van der Waals surface area (Å²) in [5.41, 5.74) is 1.58. The van der Waals surface area contributed by atoms with E-state index in [1.807, 2.05) is 6.92 Å². The van der Waals surface area contributed by atoms with Crippen LogP contribution < -0.4 is 5.32 Å². The Hall–Kier alpha value is -1.31. The first-order valence-corrected chi connectivity index (χ1v) is 4.28. The van der Waals surface area contributed by atoms with Gasteiger partial charge >= 0.3 is 0 Å². The molecule has 1 rings (SSSR count). The van der Waals surface area contributed by atoms with Crippen LogP contribution in [-0.4, -0.2) is 6.04 Å². The van der Waals surface area contributed by atoms with Crippen molar-refractivity contribution in [3.8, 4) is 0 Å². The van der Waals surface area contributed by atoms with Gasteiger partial charge in [0.05, 0.1) is 0 Å². The van der Waals surface area contributed by atoms with E-state index in [0.717, 1.165) is 5.69 Å². The third-order valence-corrected chi connectivity index (χ3v) is 1.91. The summed E-state index contributed by atoms with van der Waals surface area (Å²) < 4.78 is 12.9. The topological polar surface area (TPSA) is 12.0 Å². The van der Waals surface area contributed by atoms with Gasteiger partial charge in [-0.15, -0.1) is 6.58 Å². The smallest absolute Gasteiger partial charge is 0.126 e. The fourth-order valence-electron chi connectivity index (χ4n) is 1.06. The van der Waals surface area contributed by atoms with Gasteiger partial charge in [0.15, 0.2) is 0 Å². The van der Waals surface area contributed by atoms with Gasteiger partial charge in [0.25, 0.3) is 0 Å². The van der Waals surface area contributed by atoms with Gasteiger partial charge < -0.3 is 5.32 Å². The molecular weight excluding hydrogens is 165 g/mol. The highest BCUT2D eigenvalue weighted by molar-refractivity contribution is 5.47. The first-order valence-electron chi connectivity index (χ1n) is 4.28.